The first-order valence-electron chi connectivity index (χ1n) is 4.37. The van der Waals surface area contributed by atoms with Crippen molar-refractivity contribution in [2.24, 2.45) is 4.99 Å². The lowest BCUT2D eigenvalue weighted by Crippen LogP contribution is -2.46. The Kier molecular flexibility index (Phi) is 2.32. The Balaban J connectivity index is 2.99. The van der Waals surface area contributed by atoms with Crippen molar-refractivity contribution in [1.29, 1.82) is 0 Å². The van der Waals surface area contributed by atoms with Crippen LogP contribution in [-0.2, 0) is 4.79 Å². The Hall–Kier alpha value is -0.700. The second kappa shape index (κ2) is 2.91. The fraction of sp³-hybridized carbons (Fsp3) is 0.889. The molecule has 1 saturated heterocycles. The van der Waals surface area contributed by atoms with Gasteiger partial charge in [-0.05, 0) is 34.1 Å². The first-order valence-corrected chi connectivity index (χ1v) is 4.37. The topological polar surface area (TPSA) is 55.7 Å². The van der Waals surface area contributed by atoms with E-state index in [2.05, 4.69) is 4.99 Å². The van der Waals surface area contributed by atoms with Crippen molar-refractivity contribution in [3.8, 4) is 0 Å². The first-order chi connectivity index (χ1) is 5.82. The molecular formula is C9H15N2O2-. The zero-order valence-electron chi connectivity index (χ0n) is 8.50. The maximum atomic E-state index is 11.8. The molecular weight excluding hydrogens is 168 g/mol. The van der Waals surface area contributed by atoms with Gasteiger partial charge in [0.2, 0.25) is 6.08 Å². The molecule has 4 nitrogen and oxygen atoms in total. The van der Waals surface area contributed by atoms with E-state index in [0.29, 0.717) is 6.42 Å². The molecule has 0 aromatic heterocycles. The van der Waals surface area contributed by atoms with Gasteiger partial charge in [0.1, 0.15) is 0 Å². The van der Waals surface area contributed by atoms with Crippen molar-refractivity contribution < 1.29 is 4.79 Å². The fourth-order valence-corrected chi connectivity index (χ4v) is 1.99. The highest BCUT2D eigenvalue weighted by Crippen LogP contribution is 2.41. The summed E-state index contributed by atoms with van der Waals surface area (Å²) in [5, 5.41) is 12.8. The van der Waals surface area contributed by atoms with Crippen LogP contribution < -0.4 is 0 Å². The van der Waals surface area contributed by atoms with Gasteiger partial charge < -0.3 is 10.3 Å². The van der Waals surface area contributed by atoms with Gasteiger partial charge in [0.15, 0.2) is 0 Å². The van der Waals surface area contributed by atoms with E-state index in [1.54, 1.807) is 13.8 Å². The zero-order chi connectivity index (χ0) is 10.3. The van der Waals surface area contributed by atoms with Crippen LogP contribution in [0.25, 0.3) is 0 Å². The third kappa shape index (κ3) is 1.53. The van der Waals surface area contributed by atoms with Gasteiger partial charge in [-0.2, -0.15) is 0 Å². The number of aliphatic imine (C=N–C) groups is 1. The maximum Gasteiger partial charge on any atom is 0.235 e. The fourth-order valence-electron chi connectivity index (χ4n) is 1.99. The van der Waals surface area contributed by atoms with Gasteiger partial charge in [-0.25, -0.2) is 9.79 Å². The van der Waals surface area contributed by atoms with Crippen molar-refractivity contribution in [3.63, 3.8) is 0 Å². The molecule has 0 N–H and O–H groups in total. The number of isocyanates is 1. The van der Waals surface area contributed by atoms with Gasteiger partial charge >= 0.3 is 0 Å². The van der Waals surface area contributed by atoms with Crippen molar-refractivity contribution in [3.05, 3.63) is 5.21 Å². The molecule has 0 aromatic rings. The molecule has 4 heteroatoms. The summed E-state index contributed by atoms with van der Waals surface area (Å²) in [6.45, 7) is 7.34. The molecule has 1 unspecified atom stereocenters. The summed E-state index contributed by atoms with van der Waals surface area (Å²) in [6.07, 6.45) is 2.14. The van der Waals surface area contributed by atoms with Gasteiger partial charge in [0, 0.05) is 11.1 Å². The number of rotatable bonds is 1. The molecule has 1 rings (SSSR count). The average molecular weight is 183 g/mol. The number of hydrogen-bond acceptors (Lipinski definition) is 4. The van der Waals surface area contributed by atoms with Gasteiger partial charge in [-0.1, -0.05) is 0 Å². The van der Waals surface area contributed by atoms with Crippen LogP contribution in [-0.4, -0.2) is 28.3 Å². The summed E-state index contributed by atoms with van der Waals surface area (Å²) in [4.78, 5) is 13.8. The third-order valence-electron chi connectivity index (χ3n) is 2.79. The lowest BCUT2D eigenvalue weighted by atomic mass is 9.95. The SMILES string of the molecule is CC1(C)CC(N=C=O)C(C)(C)N1[O-]. The molecule has 0 aliphatic carbocycles. The van der Waals surface area contributed by atoms with E-state index in [9.17, 15) is 10.0 Å². The maximum absolute atomic E-state index is 11.8. The van der Waals surface area contributed by atoms with Crippen LogP contribution in [0.5, 0.6) is 0 Å². The smallest absolute Gasteiger partial charge is 0.235 e. The summed E-state index contributed by atoms with van der Waals surface area (Å²) in [5.74, 6) is 0. The van der Waals surface area contributed by atoms with E-state index in [4.69, 9.17) is 0 Å². The van der Waals surface area contributed by atoms with Crippen LogP contribution in [0, 0.1) is 5.21 Å². The molecule has 1 heterocycles. The Labute approximate surface area is 78.2 Å². The second-order valence-corrected chi connectivity index (χ2v) is 4.70. The molecule has 13 heavy (non-hydrogen) atoms. The van der Waals surface area contributed by atoms with Crippen LogP contribution in [0.1, 0.15) is 34.1 Å². The van der Waals surface area contributed by atoms with Crippen LogP contribution in [0.15, 0.2) is 4.99 Å². The minimum absolute atomic E-state index is 0.238. The second-order valence-electron chi connectivity index (χ2n) is 4.70. The summed E-state index contributed by atoms with van der Waals surface area (Å²) in [7, 11) is 0. The monoisotopic (exact) mass is 183 g/mol. The van der Waals surface area contributed by atoms with E-state index in [0.717, 1.165) is 5.06 Å². The van der Waals surface area contributed by atoms with E-state index < -0.39 is 11.1 Å². The van der Waals surface area contributed by atoms with Crippen LogP contribution >= 0.6 is 0 Å². The van der Waals surface area contributed by atoms with E-state index in [1.165, 1.54) is 6.08 Å². The predicted octanol–water partition coefficient (Wildman–Crippen LogP) is 1.45. The molecule has 74 valence electrons. The molecule has 1 atom stereocenters. The van der Waals surface area contributed by atoms with Gasteiger partial charge in [0.05, 0.1) is 6.04 Å². The highest BCUT2D eigenvalue weighted by atomic mass is 16.5. The molecule has 0 amide bonds. The molecule has 0 saturated carbocycles. The number of nitrogens with zero attached hydrogens (tertiary/aromatic N) is 2. The van der Waals surface area contributed by atoms with Crippen LogP contribution in [0.3, 0.4) is 0 Å². The Morgan fingerprint density at radius 2 is 2.00 bits per heavy atom. The van der Waals surface area contributed by atoms with Crippen LogP contribution in [0.2, 0.25) is 0 Å². The lowest BCUT2D eigenvalue weighted by molar-refractivity contribution is 0.139. The number of hydroxylamine groups is 2. The summed E-state index contributed by atoms with van der Waals surface area (Å²) in [6, 6.07) is -0.238. The molecule has 0 aromatic carbocycles. The molecule has 1 aliphatic heterocycles. The molecule has 0 spiro atoms. The van der Waals surface area contributed by atoms with E-state index in [1.807, 2.05) is 13.8 Å². The largest absolute Gasteiger partial charge is 0.784 e. The molecule has 1 fully saturated rings. The van der Waals surface area contributed by atoms with Gasteiger partial charge in [-0.3, -0.25) is 0 Å². The van der Waals surface area contributed by atoms with Crippen molar-refractivity contribution in [2.45, 2.75) is 51.2 Å². The summed E-state index contributed by atoms with van der Waals surface area (Å²) in [5.41, 5.74) is -1.03. The Morgan fingerprint density at radius 1 is 1.46 bits per heavy atom. The Bertz CT molecular complexity index is 254. The Morgan fingerprint density at radius 3 is 2.31 bits per heavy atom. The number of carbonyl (C=O) groups excluding carboxylic acids is 1. The zero-order valence-corrected chi connectivity index (χ0v) is 8.50. The molecule has 0 bridgehead atoms. The normalized spacial score (nSPS) is 31.3. The standard InChI is InChI=1S/C9H15N2O2/c1-8(2)5-7(10-6-12)9(3,4)11(8)13/h7H,5H2,1-4H3/q-1. The van der Waals surface area contributed by atoms with Crippen molar-refractivity contribution >= 4 is 6.08 Å². The van der Waals surface area contributed by atoms with Gasteiger partial charge in [0.25, 0.3) is 0 Å². The molecule has 1 aliphatic rings. The first kappa shape index (κ1) is 10.4. The van der Waals surface area contributed by atoms with Crippen molar-refractivity contribution in [1.82, 2.24) is 5.06 Å². The van der Waals surface area contributed by atoms with Crippen LogP contribution in [0.4, 0.5) is 0 Å². The number of hydrogen-bond donors (Lipinski definition) is 0. The van der Waals surface area contributed by atoms with Gasteiger partial charge in [-0.15, -0.1) is 0 Å². The van der Waals surface area contributed by atoms with Crippen molar-refractivity contribution in [2.75, 3.05) is 0 Å². The lowest BCUT2D eigenvalue weighted by Gasteiger charge is -2.46. The average Bonchev–Trinajstić information content (AvgIpc) is 2.14. The highest BCUT2D eigenvalue weighted by molar-refractivity contribution is 5.35. The highest BCUT2D eigenvalue weighted by Gasteiger charge is 2.46. The minimum Gasteiger partial charge on any atom is -0.784 e. The minimum atomic E-state index is -0.596. The summed E-state index contributed by atoms with van der Waals surface area (Å²) < 4.78 is 0. The third-order valence-corrected chi connectivity index (χ3v) is 2.79. The summed E-state index contributed by atoms with van der Waals surface area (Å²) >= 11 is 0. The van der Waals surface area contributed by atoms with E-state index >= 15 is 0 Å². The molecule has 0 radical (unpaired) electrons. The quantitative estimate of drug-likeness (QED) is 0.456. The van der Waals surface area contributed by atoms with E-state index in [-0.39, 0.29) is 6.04 Å². The predicted molar refractivity (Wildman–Crippen MR) is 49.9 cm³/mol.